The van der Waals surface area contributed by atoms with E-state index in [0.29, 0.717) is 32.1 Å². The number of carbonyl (C=O) groups excluding carboxylic acids is 1. The van der Waals surface area contributed by atoms with E-state index in [4.69, 9.17) is 0 Å². The second-order valence-electron chi connectivity index (χ2n) is 6.79. The van der Waals surface area contributed by atoms with Crippen LogP contribution < -0.4 is 10.5 Å². The maximum Gasteiger partial charge on any atom is 0.288 e. The van der Waals surface area contributed by atoms with Gasteiger partial charge in [-0.1, -0.05) is 13.8 Å². The maximum atomic E-state index is 13.9. The average Bonchev–Trinajstić information content (AvgIpc) is 2.65. The van der Waals surface area contributed by atoms with Crippen LogP contribution in [0, 0.1) is 18.6 Å². The Kier molecular flexibility index (Phi) is 5.20. The van der Waals surface area contributed by atoms with Crippen LogP contribution in [0.1, 0.15) is 41.6 Å². The first-order valence-electron chi connectivity index (χ1n) is 8.75. The van der Waals surface area contributed by atoms with Gasteiger partial charge in [0.2, 0.25) is 11.8 Å². The van der Waals surface area contributed by atoms with Gasteiger partial charge in [-0.15, -0.1) is 0 Å². The lowest BCUT2D eigenvalue weighted by atomic mass is 10.1. The van der Waals surface area contributed by atoms with Crippen LogP contribution >= 0.6 is 0 Å². The molecular formula is C18H21F2N5O2. The van der Waals surface area contributed by atoms with Gasteiger partial charge in [-0.3, -0.25) is 14.6 Å². The molecule has 2 aromatic heterocycles. The van der Waals surface area contributed by atoms with Crippen molar-refractivity contribution in [3.8, 4) is 0 Å². The van der Waals surface area contributed by atoms with E-state index in [2.05, 4.69) is 15.0 Å². The third kappa shape index (κ3) is 3.81. The molecule has 1 saturated heterocycles. The van der Waals surface area contributed by atoms with Gasteiger partial charge in [0, 0.05) is 26.2 Å². The van der Waals surface area contributed by atoms with Crippen molar-refractivity contribution >= 4 is 11.9 Å². The molecule has 2 aromatic rings. The second-order valence-corrected chi connectivity index (χ2v) is 6.79. The molecule has 0 aliphatic carbocycles. The van der Waals surface area contributed by atoms with E-state index < -0.39 is 17.2 Å². The monoisotopic (exact) mass is 377 g/mol. The van der Waals surface area contributed by atoms with Crippen molar-refractivity contribution in [1.29, 1.82) is 0 Å². The topological polar surface area (TPSA) is 82.2 Å². The van der Waals surface area contributed by atoms with Crippen molar-refractivity contribution in [3.05, 3.63) is 51.2 Å². The lowest BCUT2D eigenvalue weighted by Gasteiger charge is -2.35. The van der Waals surface area contributed by atoms with E-state index in [1.807, 2.05) is 0 Å². The van der Waals surface area contributed by atoms with E-state index in [0.717, 1.165) is 0 Å². The minimum absolute atomic E-state index is 0.123. The number of carbonyl (C=O) groups is 1. The normalized spacial score (nSPS) is 14.7. The number of nitrogens with zero attached hydrogens (tertiary/aromatic N) is 4. The molecule has 0 bridgehead atoms. The summed E-state index contributed by atoms with van der Waals surface area (Å²) in [5, 5.41) is 0. The van der Waals surface area contributed by atoms with Crippen LogP contribution in [0.3, 0.4) is 0 Å². The first-order chi connectivity index (χ1) is 12.8. The number of anilines is 1. The lowest BCUT2D eigenvalue weighted by molar-refractivity contribution is 0.0740. The van der Waals surface area contributed by atoms with Crippen molar-refractivity contribution in [3.63, 3.8) is 0 Å². The molecule has 0 radical (unpaired) electrons. The number of H-pyrrole nitrogens is 1. The first kappa shape index (κ1) is 18.9. The smallest absolute Gasteiger partial charge is 0.288 e. The molecule has 3 heterocycles. The number of halogens is 2. The fraction of sp³-hybridized carbons (Fsp3) is 0.444. The number of nitrogens with one attached hydrogen (secondary N) is 1. The van der Waals surface area contributed by atoms with Crippen molar-refractivity contribution in [2.45, 2.75) is 26.7 Å². The van der Waals surface area contributed by atoms with E-state index >= 15 is 0 Å². The van der Waals surface area contributed by atoms with Gasteiger partial charge in [0.25, 0.3) is 11.5 Å². The molecule has 0 atom stereocenters. The average molecular weight is 377 g/mol. The fourth-order valence-electron chi connectivity index (χ4n) is 2.94. The first-order valence-corrected chi connectivity index (χ1v) is 8.75. The van der Waals surface area contributed by atoms with Gasteiger partial charge in [0.1, 0.15) is 11.5 Å². The summed E-state index contributed by atoms with van der Waals surface area (Å²) in [4.78, 5) is 38.5. The molecule has 0 spiro atoms. The zero-order valence-corrected chi connectivity index (χ0v) is 15.4. The number of aromatic nitrogens is 3. The summed E-state index contributed by atoms with van der Waals surface area (Å²) in [6.07, 6.45) is 0. The molecule has 0 saturated carbocycles. The number of rotatable bonds is 3. The van der Waals surface area contributed by atoms with Gasteiger partial charge >= 0.3 is 0 Å². The quantitative estimate of drug-likeness (QED) is 0.883. The third-order valence-corrected chi connectivity index (χ3v) is 4.53. The fourth-order valence-corrected chi connectivity index (χ4v) is 2.94. The number of aryl methyl sites for hydroxylation is 1. The van der Waals surface area contributed by atoms with Crippen molar-refractivity contribution in [2.24, 2.45) is 0 Å². The number of amides is 1. The van der Waals surface area contributed by atoms with Crippen molar-refractivity contribution < 1.29 is 13.6 Å². The molecule has 144 valence electrons. The molecular weight excluding hydrogens is 356 g/mol. The van der Waals surface area contributed by atoms with Crippen molar-refractivity contribution in [1.82, 2.24) is 19.9 Å². The number of hydrogen-bond donors (Lipinski definition) is 1. The lowest BCUT2D eigenvalue weighted by Crippen LogP contribution is -2.50. The van der Waals surface area contributed by atoms with Crippen molar-refractivity contribution in [2.75, 3.05) is 31.1 Å². The van der Waals surface area contributed by atoms with Crippen LogP contribution in [0.15, 0.2) is 16.9 Å². The summed E-state index contributed by atoms with van der Waals surface area (Å²) in [5.74, 6) is -1.51. The molecule has 1 fully saturated rings. The molecule has 0 unspecified atom stereocenters. The van der Waals surface area contributed by atoms with E-state index in [-0.39, 0.29) is 28.9 Å². The molecule has 3 rings (SSSR count). The zero-order valence-electron chi connectivity index (χ0n) is 15.4. The van der Waals surface area contributed by atoms with Crippen LogP contribution in [0.4, 0.5) is 14.7 Å². The summed E-state index contributed by atoms with van der Waals surface area (Å²) in [6.45, 7) is 6.67. The summed E-state index contributed by atoms with van der Waals surface area (Å²) < 4.78 is 27.2. The SMILES string of the molecule is Cc1nc(C(=O)N2CCN(c3nc(C(C)C)c(F)c(=O)[nH]3)CC2)ccc1F. The van der Waals surface area contributed by atoms with Gasteiger partial charge in [0.05, 0.1) is 11.4 Å². The summed E-state index contributed by atoms with van der Waals surface area (Å²) in [5.41, 5.74) is -0.307. The Morgan fingerprint density at radius 1 is 1.15 bits per heavy atom. The highest BCUT2D eigenvalue weighted by molar-refractivity contribution is 5.92. The van der Waals surface area contributed by atoms with Crippen LogP contribution in [0.5, 0.6) is 0 Å². The zero-order chi connectivity index (χ0) is 19.7. The highest BCUT2D eigenvalue weighted by atomic mass is 19.1. The largest absolute Gasteiger partial charge is 0.339 e. The molecule has 7 nitrogen and oxygen atoms in total. The maximum absolute atomic E-state index is 13.9. The minimum atomic E-state index is -0.861. The van der Waals surface area contributed by atoms with Gasteiger partial charge in [-0.05, 0) is 25.0 Å². The summed E-state index contributed by atoms with van der Waals surface area (Å²) >= 11 is 0. The highest BCUT2D eigenvalue weighted by Gasteiger charge is 2.25. The highest BCUT2D eigenvalue weighted by Crippen LogP contribution is 2.18. The van der Waals surface area contributed by atoms with Gasteiger partial charge in [-0.2, -0.15) is 4.39 Å². The molecule has 1 amide bonds. The third-order valence-electron chi connectivity index (χ3n) is 4.53. The Hall–Kier alpha value is -2.84. The molecule has 9 heteroatoms. The Morgan fingerprint density at radius 3 is 2.41 bits per heavy atom. The van der Waals surface area contributed by atoms with Gasteiger partial charge < -0.3 is 9.80 Å². The molecule has 1 aliphatic rings. The van der Waals surface area contributed by atoms with Crippen LogP contribution in [0.25, 0.3) is 0 Å². The van der Waals surface area contributed by atoms with E-state index in [1.54, 1.807) is 23.6 Å². The minimum Gasteiger partial charge on any atom is -0.339 e. The van der Waals surface area contributed by atoms with E-state index in [9.17, 15) is 18.4 Å². The predicted octanol–water partition coefficient (Wildman–Crippen LogP) is 1.84. The Labute approximate surface area is 155 Å². The Balaban J connectivity index is 1.73. The predicted molar refractivity (Wildman–Crippen MR) is 96.0 cm³/mol. The Morgan fingerprint density at radius 2 is 1.81 bits per heavy atom. The van der Waals surface area contributed by atoms with Crippen LogP contribution in [-0.4, -0.2) is 51.9 Å². The van der Waals surface area contributed by atoms with Gasteiger partial charge in [0.15, 0.2) is 0 Å². The second kappa shape index (κ2) is 7.42. The molecule has 1 aliphatic heterocycles. The van der Waals surface area contributed by atoms with Gasteiger partial charge in [-0.25, -0.2) is 14.4 Å². The number of aromatic amines is 1. The standard InChI is InChI=1S/C18H21F2N5O2/c1-10(2)15-14(20)16(26)23-18(22-15)25-8-6-24(7-9-25)17(27)13-5-4-12(19)11(3)21-13/h4-5,10H,6-9H2,1-3H3,(H,22,23,26). The Bertz CT molecular complexity index is 920. The summed E-state index contributed by atoms with van der Waals surface area (Å²) in [6, 6.07) is 2.59. The number of hydrogen-bond acceptors (Lipinski definition) is 5. The van der Waals surface area contributed by atoms with Crippen LogP contribution in [0.2, 0.25) is 0 Å². The number of pyridine rings is 1. The molecule has 1 N–H and O–H groups in total. The number of piperazine rings is 1. The summed E-state index contributed by atoms with van der Waals surface area (Å²) in [7, 11) is 0. The molecule has 0 aromatic carbocycles. The van der Waals surface area contributed by atoms with Crippen LogP contribution in [-0.2, 0) is 0 Å². The molecule has 27 heavy (non-hydrogen) atoms. The van der Waals surface area contributed by atoms with E-state index in [1.165, 1.54) is 19.1 Å².